The van der Waals surface area contributed by atoms with Gasteiger partial charge in [-0.3, -0.25) is 4.79 Å². The number of carbonyl (C=O) groups excluding carboxylic acids is 1. The summed E-state index contributed by atoms with van der Waals surface area (Å²) < 4.78 is 1.94. The lowest BCUT2D eigenvalue weighted by Crippen LogP contribution is -2.31. The summed E-state index contributed by atoms with van der Waals surface area (Å²) in [4.78, 5) is 24.9. The molecular weight excluding hydrogens is 350 g/mol. The van der Waals surface area contributed by atoms with E-state index in [1.807, 2.05) is 72.4 Å². The number of H-pyrrole nitrogens is 1. The van der Waals surface area contributed by atoms with E-state index in [1.54, 1.807) is 6.20 Å². The van der Waals surface area contributed by atoms with Crippen LogP contribution >= 0.6 is 0 Å². The van der Waals surface area contributed by atoms with Gasteiger partial charge in [-0.2, -0.15) is 0 Å². The van der Waals surface area contributed by atoms with Crippen molar-refractivity contribution in [2.45, 2.75) is 25.3 Å². The molecule has 0 bridgehead atoms. The zero-order valence-corrected chi connectivity index (χ0v) is 15.8. The first-order valence-corrected chi connectivity index (χ1v) is 9.46. The number of carbonyl (C=O) groups is 1. The second-order valence-electron chi connectivity index (χ2n) is 6.86. The Morgan fingerprint density at radius 2 is 1.93 bits per heavy atom. The number of aromatic amines is 1. The van der Waals surface area contributed by atoms with Crippen molar-refractivity contribution in [2.24, 2.45) is 7.05 Å². The molecular formula is C22H23N5O. The number of hydrogen-bond donors (Lipinski definition) is 2. The standard InChI is InChI=1S/C22H23N5O/c1-27-15-14-23-22(27)21(16-8-3-2-4-9-16)26-20(28)13-7-12-19-24-17-10-5-6-11-18(17)25-19/h2-6,8-11,14-15,21H,7,12-13H2,1H3,(H,24,25)(H,26,28). The number of nitrogens with one attached hydrogen (secondary N) is 2. The molecule has 0 aliphatic heterocycles. The van der Waals surface area contributed by atoms with Crippen molar-refractivity contribution in [1.82, 2.24) is 24.8 Å². The van der Waals surface area contributed by atoms with E-state index < -0.39 is 0 Å². The fourth-order valence-corrected chi connectivity index (χ4v) is 3.37. The quantitative estimate of drug-likeness (QED) is 0.520. The first-order valence-electron chi connectivity index (χ1n) is 9.46. The monoisotopic (exact) mass is 373 g/mol. The average molecular weight is 373 g/mol. The summed E-state index contributed by atoms with van der Waals surface area (Å²) in [6.07, 6.45) is 5.54. The maximum Gasteiger partial charge on any atom is 0.220 e. The predicted molar refractivity (Wildman–Crippen MR) is 109 cm³/mol. The molecule has 4 rings (SSSR count). The number of hydrogen-bond acceptors (Lipinski definition) is 3. The third-order valence-corrected chi connectivity index (χ3v) is 4.81. The van der Waals surface area contributed by atoms with Gasteiger partial charge >= 0.3 is 0 Å². The Labute approximate surface area is 163 Å². The van der Waals surface area contributed by atoms with Crippen LogP contribution in [0.25, 0.3) is 11.0 Å². The molecule has 0 aliphatic rings. The lowest BCUT2D eigenvalue weighted by atomic mass is 10.1. The minimum atomic E-state index is -0.264. The molecule has 4 aromatic rings. The molecule has 2 aromatic carbocycles. The SMILES string of the molecule is Cn1ccnc1C(NC(=O)CCCc1nc2ccccc2[nH]1)c1ccccc1. The minimum absolute atomic E-state index is 0.00737. The van der Waals surface area contributed by atoms with Gasteiger partial charge in [-0.25, -0.2) is 9.97 Å². The van der Waals surface area contributed by atoms with Gasteiger partial charge in [0.05, 0.1) is 11.0 Å². The molecule has 0 spiro atoms. The van der Waals surface area contributed by atoms with Crippen molar-refractivity contribution >= 4 is 16.9 Å². The lowest BCUT2D eigenvalue weighted by Gasteiger charge is -2.19. The molecule has 2 N–H and O–H groups in total. The summed E-state index contributed by atoms with van der Waals surface area (Å²) in [6.45, 7) is 0. The second-order valence-corrected chi connectivity index (χ2v) is 6.86. The number of aromatic nitrogens is 4. The fraction of sp³-hybridized carbons (Fsp3) is 0.227. The molecule has 0 saturated carbocycles. The highest BCUT2D eigenvalue weighted by atomic mass is 16.1. The molecule has 0 fully saturated rings. The zero-order valence-electron chi connectivity index (χ0n) is 15.8. The maximum atomic E-state index is 12.6. The van der Waals surface area contributed by atoms with Crippen molar-refractivity contribution < 1.29 is 4.79 Å². The van der Waals surface area contributed by atoms with Crippen LogP contribution in [-0.4, -0.2) is 25.4 Å². The number of aryl methyl sites for hydroxylation is 2. The molecule has 142 valence electrons. The first kappa shape index (κ1) is 18.0. The van der Waals surface area contributed by atoms with Gasteiger partial charge in [0.25, 0.3) is 0 Å². The van der Waals surface area contributed by atoms with Crippen molar-refractivity contribution in [1.29, 1.82) is 0 Å². The highest BCUT2D eigenvalue weighted by molar-refractivity contribution is 5.77. The number of benzene rings is 2. The maximum absolute atomic E-state index is 12.6. The van der Waals surface area contributed by atoms with Crippen molar-refractivity contribution in [3.63, 3.8) is 0 Å². The molecule has 1 amide bonds. The van der Waals surface area contributed by atoms with Crippen LogP contribution in [-0.2, 0) is 18.3 Å². The third kappa shape index (κ3) is 3.96. The number of imidazole rings is 2. The number of para-hydroxylation sites is 2. The fourth-order valence-electron chi connectivity index (χ4n) is 3.37. The Kier molecular flexibility index (Phi) is 5.19. The Morgan fingerprint density at radius 3 is 2.68 bits per heavy atom. The van der Waals surface area contributed by atoms with Gasteiger partial charge in [0.1, 0.15) is 17.7 Å². The van der Waals surface area contributed by atoms with E-state index >= 15 is 0 Å². The Hall–Kier alpha value is -3.41. The summed E-state index contributed by atoms with van der Waals surface area (Å²) >= 11 is 0. The smallest absolute Gasteiger partial charge is 0.220 e. The second kappa shape index (κ2) is 8.08. The van der Waals surface area contributed by atoms with Gasteiger partial charge in [0.2, 0.25) is 5.91 Å². The Bertz CT molecular complexity index is 1030. The van der Waals surface area contributed by atoms with Crippen LogP contribution in [0.5, 0.6) is 0 Å². The largest absolute Gasteiger partial charge is 0.342 e. The topological polar surface area (TPSA) is 75.6 Å². The molecule has 0 saturated heterocycles. The Balaban J connectivity index is 1.39. The van der Waals surface area contributed by atoms with Crippen LogP contribution in [0.3, 0.4) is 0 Å². The highest BCUT2D eigenvalue weighted by Crippen LogP contribution is 2.20. The number of rotatable bonds is 7. The van der Waals surface area contributed by atoms with Gasteiger partial charge in [-0.15, -0.1) is 0 Å². The van der Waals surface area contributed by atoms with Gasteiger partial charge < -0.3 is 14.9 Å². The normalized spacial score (nSPS) is 12.2. The summed E-state index contributed by atoms with van der Waals surface area (Å²) in [5.41, 5.74) is 3.00. The van der Waals surface area contributed by atoms with Crippen LogP contribution in [0.4, 0.5) is 0 Å². The molecule has 0 radical (unpaired) electrons. The van der Waals surface area contributed by atoms with Crippen LogP contribution < -0.4 is 5.32 Å². The van der Waals surface area contributed by atoms with Crippen LogP contribution in [0.1, 0.15) is 36.1 Å². The van der Waals surface area contributed by atoms with Gasteiger partial charge in [0.15, 0.2) is 0 Å². The predicted octanol–water partition coefficient (Wildman–Crippen LogP) is 3.52. The van der Waals surface area contributed by atoms with Crippen LogP contribution in [0.2, 0.25) is 0 Å². The van der Waals surface area contributed by atoms with Crippen molar-refractivity contribution in [2.75, 3.05) is 0 Å². The van der Waals surface area contributed by atoms with E-state index in [4.69, 9.17) is 0 Å². The van der Waals surface area contributed by atoms with Gasteiger partial charge in [-0.1, -0.05) is 42.5 Å². The highest BCUT2D eigenvalue weighted by Gasteiger charge is 2.20. The van der Waals surface area contributed by atoms with Crippen LogP contribution in [0, 0.1) is 0 Å². The van der Waals surface area contributed by atoms with Crippen molar-refractivity contribution in [3.8, 4) is 0 Å². The van der Waals surface area contributed by atoms with E-state index in [0.29, 0.717) is 6.42 Å². The molecule has 0 aliphatic carbocycles. The third-order valence-electron chi connectivity index (χ3n) is 4.81. The summed E-state index contributed by atoms with van der Waals surface area (Å²) in [6, 6.07) is 17.6. The molecule has 2 aromatic heterocycles. The van der Waals surface area contributed by atoms with E-state index in [-0.39, 0.29) is 11.9 Å². The number of fused-ring (bicyclic) bond motifs is 1. The Morgan fingerprint density at radius 1 is 1.14 bits per heavy atom. The average Bonchev–Trinajstić information content (AvgIpc) is 3.32. The van der Waals surface area contributed by atoms with E-state index in [2.05, 4.69) is 20.3 Å². The lowest BCUT2D eigenvalue weighted by molar-refractivity contribution is -0.121. The van der Waals surface area contributed by atoms with E-state index in [0.717, 1.165) is 41.1 Å². The first-order chi connectivity index (χ1) is 13.7. The summed E-state index contributed by atoms with van der Waals surface area (Å²) in [5, 5.41) is 3.14. The minimum Gasteiger partial charge on any atom is -0.342 e. The number of nitrogens with zero attached hydrogens (tertiary/aromatic N) is 3. The van der Waals surface area contributed by atoms with E-state index in [1.165, 1.54) is 0 Å². The molecule has 6 nitrogen and oxygen atoms in total. The molecule has 6 heteroatoms. The van der Waals surface area contributed by atoms with E-state index in [9.17, 15) is 4.79 Å². The zero-order chi connectivity index (χ0) is 19.3. The summed E-state index contributed by atoms with van der Waals surface area (Å²) in [7, 11) is 1.94. The van der Waals surface area contributed by atoms with Crippen molar-refractivity contribution in [3.05, 3.63) is 84.2 Å². The molecule has 2 heterocycles. The molecule has 28 heavy (non-hydrogen) atoms. The molecule has 1 unspecified atom stereocenters. The molecule has 1 atom stereocenters. The van der Waals surface area contributed by atoms with Crippen LogP contribution in [0.15, 0.2) is 67.0 Å². The number of amides is 1. The summed E-state index contributed by atoms with van der Waals surface area (Å²) in [5.74, 6) is 1.74. The van der Waals surface area contributed by atoms with Gasteiger partial charge in [-0.05, 0) is 24.1 Å². The van der Waals surface area contributed by atoms with Gasteiger partial charge in [0, 0.05) is 32.3 Å².